The van der Waals surface area contributed by atoms with E-state index in [0.29, 0.717) is 6.42 Å². The van der Waals surface area contributed by atoms with Crippen LogP contribution in [0.5, 0.6) is 0 Å². The number of aromatic amines is 1. The van der Waals surface area contributed by atoms with Crippen LogP contribution in [0.1, 0.15) is 79.5 Å². The molecule has 1 aromatic heterocycles. The number of hydrogen-bond acceptors (Lipinski definition) is 1. The van der Waals surface area contributed by atoms with Crippen molar-refractivity contribution in [2.75, 3.05) is 6.54 Å². The predicted octanol–water partition coefficient (Wildman–Crippen LogP) is 6.28. The van der Waals surface area contributed by atoms with E-state index in [0.717, 1.165) is 13.0 Å². The summed E-state index contributed by atoms with van der Waals surface area (Å²) in [5, 5.41) is 1.30. The van der Waals surface area contributed by atoms with Gasteiger partial charge in [0.05, 0.1) is 5.54 Å². The van der Waals surface area contributed by atoms with E-state index in [4.69, 9.17) is 0 Å². The first-order chi connectivity index (χ1) is 12.9. The summed E-state index contributed by atoms with van der Waals surface area (Å²) in [6.07, 6.45) is 7.35. The second-order valence-corrected chi connectivity index (χ2v) is 6.73. The summed E-state index contributed by atoms with van der Waals surface area (Å²) in [5.74, 6) is 2.48. The molecule has 0 spiro atoms. The summed E-state index contributed by atoms with van der Waals surface area (Å²) in [4.78, 5) is 17.6. The maximum absolute atomic E-state index is 12.1. The van der Waals surface area contributed by atoms with Crippen LogP contribution in [-0.2, 0) is 16.8 Å². The van der Waals surface area contributed by atoms with Gasteiger partial charge in [0.1, 0.15) is 0 Å². The Kier molecular flexibility index (Phi) is 11.2. The van der Waals surface area contributed by atoms with Crippen LogP contribution < -0.4 is 0 Å². The van der Waals surface area contributed by atoms with Crippen molar-refractivity contribution in [1.82, 2.24) is 9.88 Å². The lowest BCUT2D eigenvalue weighted by Crippen LogP contribution is -2.49. The van der Waals surface area contributed by atoms with Gasteiger partial charge < -0.3 is 9.88 Å². The Hall–Kier alpha value is -2.21. The third kappa shape index (κ3) is 5.89. The number of para-hydroxylation sites is 1. The molecule has 0 radical (unpaired) electrons. The molecule has 0 atom stereocenters. The molecule has 3 heteroatoms. The molecule has 0 aliphatic carbocycles. The second-order valence-electron chi connectivity index (χ2n) is 6.73. The molecule has 27 heavy (non-hydrogen) atoms. The van der Waals surface area contributed by atoms with Crippen LogP contribution in [0.4, 0.5) is 0 Å². The number of nitrogens with one attached hydrogen (secondary N) is 1. The summed E-state index contributed by atoms with van der Waals surface area (Å²) in [7, 11) is 0. The number of aromatic nitrogens is 1. The van der Waals surface area contributed by atoms with Crippen molar-refractivity contribution >= 4 is 16.8 Å². The Morgan fingerprint density at radius 3 is 2.26 bits per heavy atom. The molecule has 1 aliphatic heterocycles. The number of carbonyl (C=O) groups excluding carboxylic acids is 1. The Bertz CT molecular complexity index is 734. The Labute approximate surface area is 166 Å². The Morgan fingerprint density at radius 2 is 1.74 bits per heavy atom. The molecule has 1 amide bonds. The van der Waals surface area contributed by atoms with E-state index in [1.165, 1.54) is 28.6 Å². The summed E-state index contributed by atoms with van der Waals surface area (Å²) in [6, 6.07) is 8.40. The largest absolute Gasteiger partial charge is 0.356 e. The highest BCUT2D eigenvalue weighted by molar-refractivity contribution is 5.86. The van der Waals surface area contributed by atoms with Crippen molar-refractivity contribution in [3.8, 4) is 12.3 Å². The predicted molar refractivity (Wildman–Crippen MR) is 119 cm³/mol. The highest BCUT2D eigenvalue weighted by Crippen LogP contribution is 2.38. The van der Waals surface area contributed by atoms with Crippen molar-refractivity contribution in [2.24, 2.45) is 0 Å². The monoisotopic (exact) mass is 370 g/mol. The van der Waals surface area contributed by atoms with Gasteiger partial charge >= 0.3 is 0 Å². The smallest absolute Gasteiger partial charge is 0.223 e. The third-order valence-electron chi connectivity index (χ3n) is 4.29. The van der Waals surface area contributed by atoms with Gasteiger partial charge in [-0.3, -0.25) is 4.79 Å². The topological polar surface area (TPSA) is 36.1 Å². The normalized spacial score (nSPS) is 13.5. The minimum atomic E-state index is -0.250. The Balaban J connectivity index is 0.000000736. The van der Waals surface area contributed by atoms with E-state index in [1.807, 2.05) is 31.7 Å². The van der Waals surface area contributed by atoms with Crippen LogP contribution in [0.25, 0.3) is 10.9 Å². The van der Waals surface area contributed by atoms with Crippen molar-refractivity contribution in [3.05, 3.63) is 35.5 Å². The summed E-state index contributed by atoms with van der Waals surface area (Å²) < 4.78 is 0. The van der Waals surface area contributed by atoms with Crippen molar-refractivity contribution in [3.63, 3.8) is 0 Å². The molecule has 150 valence electrons. The zero-order valence-corrected chi connectivity index (χ0v) is 18.6. The molecular formula is C24H38N2O. The molecule has 2 heterocycles. The molecule has 1 N–H and O–H groups in total. The molecule has 0 bridgehead atoms. The number of fused-ring (bicyclic) bond motifs is 3. The first-order valence-electron chi connectivity index (χ1n) is 10.2. The maximum Gasteiger partial charge on any atom is 0.223 e. The minimum absolute atomic E-state index is 0.231. The highest BCUT2D eigenvalue weighted by Gasteiger charge is 2.38. The summed E-state index contributed by atoms with van der Waals surface area (Å²) in [6.45, 7) is 16.9. The average Bonchev–Trinajstić information content (AvgIpc) is 3.04. The van der Waals surface area contributed by atoms with E-state index >= 15 is 0 Å². The van der Waals surface area contributed by atoms with Crippen LogP contribution in [0.2, 0.25) is 0 Å². The van der Waals surface area contributed by atoms with Gasteiger partial charge in [-0.2, -0.15) is 0 Å². The standard InChI is InChI=1S/C16H20N2O.C3H8.C3H4.C2H6/c1-4-14(19)18-10-9-12-11-7-5-6-8-13(11)17-15(12)16(18,2)3;2*1-3-2;1-2/h5-8,17H,4,9-10H2,1-3H3;3H2,1-2H3;1H,2H3;1-2H3. The quantitative estimate of drug-likeness (QED) is 0.589. The second kappa shape index (κ2) is 12.2. The van der Waals surface area contributed by atoms with Crippen LogP contribution in [0.15, 0.2) is 24.3 Å². The van der Waals surface area contributed by atoms with Gasteiger partial charge in [-0.05, 0) is 38.8 Å². The number of nitrogens with zero attached hydrogens (tertiary/aromatic N) is 1. The number of hydrogen-bond donors (Lipinski definition) is 1. The average molecular weight is 371 g/mol. The fourth-order valence-corrected chi connectivity index (χ4v) is 3.25. The van der Waals surface area contributed by atoms with Gasteiger partial charge in [0.15, 0.2) is 0 Å². The van der Waals surface area contributed by atoms with E-state index in [9.17, 15) is 4.79 Å². The molecule has 2 aromatic rings. The number of H-pyrrole nitrogens is 1. The number of carbonyl (C=O) groups is 1. The van der Waals surface area contributed by atoms with Gasteiger partial charge in [-0.15, -0.1) is 12.3 Å². The number of rotatable bonds is 1. The van der Waals surface area contributed by atoms with Gasteiger partial charge in [-0.25, -0.2) is 0 Å². The van der Waals surface area contributed by atoms with Crippen molar-refractivity contribution in [1.29, 1.82) is 0 Å². The first kappa shape index (κ1) is 24.8. The zero-order chi connectivity index (χ0) is 21.0. The maximum atomic E-state index is 12.1. The molecular weight excluding hydrogens is 332 g/mol. The van der Waals surface area contributed by atoms with Gasteiger partial charge in [-0.1, -0.05) is 59.2 Å². The van der Waals surface area contributed by atoms with Crippen LogP contribution in [-0.4, -0.2) is 22.3 Å². The minimum Gasteiger partial charge on any atom is -0.356 e. The molecule has 1 aromatic carbocycles. The Morgan fingerprint density at radius 1 is 1.22 bits per heavy atom. The molecule has 3 nitrogen and oxygen atoms in total. The fraction of sp³-hybridized carbons (Fsp3) is 0.542. The fourth-order valence-electron chi connectivity index (χ4n) is 3.25. The van der Waals surface area contributed by atoms with Gasteiger partial charge in [0.2, 0.25) is 5.91 Å². The lowest BCUT2D eigenvalue weighted by molar-refractivity contribution is -0.137. The van der Waals surface area contributed by atoms with Crippen molar-refractivity contribution < 1.29 is 4.79 Å². The number of benzene rings is 1. The van der Waals surface area contributed by atoms with Crippen LogP contribution >= 0.6 is 0 Å². The van der Waals surface area contributed by atoms with E-state index < -0.39 is 0 Å². The van der Waals surface area contributed by atoms with Crippen molar-refractivity contribution in [2.45, 2.75) is 80.2 Å². The molecule has 0 unspecified atom stereocenters. The molecule has 1 aliphatic rings. The van der Waals surface area contributed by atoms with E-state index in [1.54, 1.807) is 6.92 Å². The molecule has 0 fully saturated rings. The van der Waals surface area contributed by atoms with E-state index in [2.05, 4.69) is 63.2 Å². The highest BCUT2D eigenvalue weighted by atomic mass is 16.2. The molecule has 0 saturated heterocycles. The van der Waals surface area contributed by atoms with Crippen LogP contribution in [0.3, 0.4) is 0 Å². The summed E-state index contributed by atoms with van der Waals surface area (Å²) in [5.41, 5.74) is 3.49. The first-order valence-corrected chi connectivity index (χ1v) is 10.2. The van der Waals surface area contributed by atoms with E-state index in [-0.39, 0.29) is 11.4 Å². The lowest BCUT2D eigenvalue weighted by atomic mass is 9.87. The summed E-state index contributed by atoms with van der Waals surface area (Å²) >= 11 is 0. The molecule has 0 saturated carbocycles. The zero-order valence-electron chi connectivity index (χ0n) is 18.6. The van der Waals surface area contributed by atoms with Gasteiger partial charge in [0.25, 0.3) is 0 Å². The SMILES string of the molecule is C#CC.CC.CCC.CCC(=O)N1CCc2c([nH]c3ccccc23)C1(C)C. The lowest BCUT2D eigenvalue weighted by Gasteiger charge is -2.42. The third-order valence-corrected chi connectivity index (χ3v) is 4.29. The number of amides is 1. The number of terminal acetylenes is 1. The van der Waals surface area contributed by atoms with Crippen LogP contribution in [0, 0.1) is 12.3 Å². The molecule has 3 rings (SSSR count). The van der Waals surface area contributed by atoms with Gasteiger partial charge in [0, 0.05) is 29.6 Å².